The predicted octanol–water partition coefficient (Wildman–Crippen LogP) is 2.68. The van der Waals surface area contributed by atoms with E-state index in [1.165, 1.54) is 0 Å². The number of rotatable bonds is 3. The lowest BCUT2D eigenvalue weighted by Crippen LogP contribution is -2.11. The number of aromatic nitrogens is 1. The van der Waals surface area contributed by atoms with Crippen LogP contribution < -0.4 is 0 Å². The van der Waals surface area contributed by atoms with E-state index in [2.05, 4.69) is 9.72 Å². The van der Waals surface area contributed by atoms with Gasteiger partial charge < -0.3 is 4.74 Å². The minimum absolute atomic E-state index is 0.477. The third-order valence-corrected chi connectivity index (χ3v) is 2.20. The zero-order valence-electron chi connectivity index (χ0n) is 8.14. The lowest BCUT2D eigenvalue weighted by atomic mass is 10.1. The zero-order valence-corrected chi connectivity index (χ0v) is 8.89. The Bertz CT molecular complexity index is 412. The number of alkyl halides is 3. The second kappa shape index (κ2) is 5.16. The smallest absolute Gasteiger partial charge is 0.339 e. The summed E-state index contributed by atoms with van der Waals surface area (Å²) in [4.78, 5) is 14.3. The average Bonchev–Trinajstić information content (AvgIpc) is 2.27. The molecule has 0 aliphatic rings. The van der Waals surface area contributed by atoms with Gasteiger partial charge in [-0.05, 0) is 0 Å². The molecule has 0 atom stereocenters. The molecule has 0 radical (unpaired) electrons. The molecule has 88 valence electrons. The maximum atomic E-state index is 13.1. The quantitative estimate of drug-likeness (QED) is 0.472. The zero-order chi connectivity index (χ0) is 12.3. The number of pyridine rings is 1. The molecular weight excluding hydrogens is 247 g/mol. The van der Waals surface area contributed by atoms with Gasteiger partial charge in [0.25, 0.3) is 6.43 Å². The molecule has 3 nitrogen and oxygen atoms in total. The largest absolute Gasteiger partial charge is 0.465 e. The number of nitrogens with zero attached hydrogens (tertiary/aromatic N) is 1. The van der Waals surface area contributed by atoms with Gasteiger partial charge in [-0.15, -0.1) is 11.6 Å². The molecule has 1 aromatic rings. The van der Waals surface area contributed by atoms with E-state index in [1.807, 2.05) is 0 Å². The van der Waals surface area contributed by atoms with Crippen LogP contribution in [0.1, 0.15) is 27.9 Å². The normalized spacial score (nSPS) is 10.6. The minimum atomic E-state index is -3.03. The maximum absolute atomic E-state index is 13.1. The summed E-state index contributed by atoms with van der Waals surface area (Å²) in [6.45, 7) is 0. The van der Waals surface area contributed by atoms with Crippen LogP contribution >= 0.6 is 11.6 Å². The van der Waals surface area contributed by atoms with Crippen LogP contribution in [-0.2, 0) is 10.6 Å². The second-order valence-electron chi connectivity index (χ2n) is 2.78. The highest BCUT2D eigenvalue weighted by molar-refractivity contribution is 6.17. The molecule has 1 rings (SSSR count). The van der Waals surface area contributed by atoms with Gasteiger partial charge in [0.05, 0.1) is 18.6 Å². The summed E-state index contributed by atoms with van der Waals surface area (Å²) in [7, 11) is 1.03. The van der Waals surface area contributed by atoms with Crippen molar-refractivity contribution in [2.45, 2.75) is 12.3 Å². The topological polar surface area (TPSA) is 39.2 Å². The summed E-state index contributed by atoms with van der Waals surface area (Å²) >= 11 is 5.34. The molecule has 1 aromatic heterocycles. The fourth-order valence-corrected chi connectivity index (χ4v) is 1.45. The highest BCUT2D eigenvalue weighted by Gasteiger charge is 2.25. The fourth-order valence-electron chi connectivity index (χ4n) is 1.19. The van der Waals surface area contributed by atoms with Crippen molar-refractivity contribution in [2.75, 3.05) is 7.11 Å². The Balaban J connectivity index is 3.45. The predicted molar refractivity (Wildman–Crippen MR) is 50.0 cm³/mol. The van der Waals surface area contributed by atoms with Crippen LogP contribution in [0.4, 0.5) is 13.2 Å². The first-order valence-corrected chi connectivity index (χ1v) is 4.66. The number of ether oxygens (including phenoxy) is 1. The van der Waals surface area contributed by atoms with Crippen molar-refractivity contribution in [3.05, 3.63) is 28.8 Å². The molecule has 7 heteroatoms. The van der Waals surface area contributed by atoms with Crippen LogP contribution in [0.5, 0.6) is 0 Å². The van der Waals surface area contributed by atoms with Crippen LogP contribution in [0.2, 0.25) is 0 Å². The highest BCUT2D eigenvalue weighted by Crippen LogP contribution is 2.29. The molecule has 0 bridgehead atoms. The molecule has 0 amide bonds. The summed E-state index contributed by atoms with van der Waals surface area (Å²) < 4.78 is 42.7. The summed E-state index contributed by atoms with van der Waals surface area (Å²) in [6.07, 6.45) is -2.32. The molecule has 0 spiro atoms. The lowest BCUT2D eigenvalue weighted by Gasteiger charge is -2.11. The van der Waals surface area contributed by atoms with Crippen molar-refractivity contribution < 1.29 is 22.7 Å². The van der Waals surface area contributed by atoms with Crippen molar-refractivity contribution in [3.63, 3.8) is 0 Å². The highest BCUT2D eigenvalue weighted by atomic mass is 35.5. The summed E-state index contributed by atoms with van der Waals surface area (Å²) in [5.74, 6) is -2.62. The number of carbonyl (C=O) groups excluding carboxylic acids is 1. The van der Waals surface area contributed by atoms with E-state index in [-0.39, 0.29) is 0 Å². The molecular formula is C9H7ClF3NO2. The Morgan fingerprint density at radius 3 is 2.69 bits per heavy atom. The molecule has 0 aromatic carbocycles. The van der Waals surface area contributed by atoms with Gasteiger partial charge in [-0.3, -0.25) is 0 Å². The Kier molecular flexibility index (Phi) is 4.12. The van der Waals surface area contributed by atoms with Crippen LogP contribution in [0.15, 0.2) is 6.20 Å². The standard InChI is InChI=1S/C9H7ClF3NO2/c1-16-9(15)5-3-14-8(13)4(2-10)6(5)7(11)12/h3,7H,2H2,1H3. The van der Waals surface area contributed by atoms with Crippen LogP contribution in [0.3, 0.4) is 0 Å². The second-order valence-corrected chi connectivity index (χ2v) is 3.05. The molecule has 0 aliphatic heterocycles. The van der Waals surface area contributed by atoms with Crippen LogP contribution in [0, 0.1) is 5.95 Å². The Morgan fingerprint density at radius 1 is 1.62 bits per heavy atom. The Labute approximate surface area is 94.2 Å². The number of hydrogen-bond acceptors (Lipinski definition) is 3. The molecule has 0 N–H and O–H groups in total. The van der Waals surface area contributed by atoms with Gasteiger partial charge in [0.1, 0.15) is 0 Å². The van der Waals surface area contributed by atoms with Gasteiger partial charge >= 0.3 is 5.97 Å². The number of carbonyl (C=O) groups is 1. The molecule has 0 saturated heterocycles. The van der Waals surface area contributed by atoms with E-state index in [1.54, 1.807) is 0 Å². The monoisotopic (exact) mass is 253 g/mol. The first-order chi connectivity index (χ1) is 7.52. The number of hydrogen-bond donors (Lipinski definition) is 0. The summed E-state index contributed by atoms with van der Waals surface area (Å²) in [5.41, 5.74) is -1.73. The van der Waals surface area contributed by atoms with E-state index < -0.39 is 40.9 Å². The van der Waals surface area contributed by atoms with Crippen molar-refractivity contribution in [3.8, 4) is 0 Å². The first kappa shape index (κ1) is 12.8. The number of halogens is 4. The SMILES string of the molecule is COC(=O)c1cnc(F)c(CCl)c1C(F)F. The number of esters is 1. The van der Waals surface area contributed by atoms with Crippen molar-refractivity contribution in [1.82, 2.24) is 4.98 Å². The summed E-state index contributed by atoms with van der Waals surface area (Å²) in [6, 6.07) is 0. The third-order valence-electron chi connectivity index (χ3n) is 1.93. The first-order valence-electron chi connectivity index (χ1n) is 4.12. The van der Waals surface area contributed by atoms with Gasteiger partial charge in [0, 0.05) is 17.3 Å². The Morgan fingerprint density at radius 2 is 2.25 bits per heavy atom. The van der Waals surface area contributed by atoms with Crippen molar-refractivity contribution >= 4 is 17.6 Å². The van der Waals surface area contributed by atoms with E-state index in [4.69, 9.17) is 11.6 Å². The fraction of sp³-hybridized carbons (Fsp3) is 0.333. The summed E-state index contributed by atoms with van der Waals surface area (Å²) in [5, 5.41) is 0. The van der Waals surface area contributed by atoms with E-state index in [0.717, 1.165) is 7.11 Å². The molecule has 0 saturated carbocycles. The van der Waals surface area contributed by atoms with E-state index in [0.29, 0.717) is 6.20 Å². The molecule has 16 heavy (non-hydrogen) atoms. The van der Waals surface area contributed by atoms with Gasteiger partial charge in [0.15, 0.2) is 0 Å². The van der Waals surface area contributed by atoms with Gasteiger partial charge in [-0.2, -0.15) is 4.39 Å². The Hall–Kier alpha value is -1.30. The van der Waals surface area contributed by atoms with Crippen molar-refractivity contribution in [1.29, 1.82) is 0 Å². The van der Waals surface area contributed by atoms with Gasteiger partial charge in [-0.1, -0.05) is 0 Å². The average molecular weight is 254 g/mol. The molecule has 0 unspecified atom stereocenters. The maximum Gasteiger partial charge on any atom is 0.339 e. The van der Waals surface area contributed by atoms with Gasteiger partial charge in [-0.25, -0.2) is 18.6 Å². The molecule has 1 heterocycles. The molecule has 0 fully saturated rings. The van der Waals surface area contributed by atoms with Crippen LogP contribution in [0.25, 0.3) is 0 Å². The van der Waals surface area contributed by atoms with Gasteiger partial charge in [0.2, 0.25) is 5.95 Å². The third kappa shape index (κ3) is 2.27. The minimum Gasteiger partial charge on any atom is -0.465 e. The van der Waals surface area contributed by atoms with Crippen LogP contribution in [-0.4, -0.2) is 18.1 Å². The molecule has 0 aliphatic carbocycles. The van der Waals surface area contributed by atoms with E-state index >= 15 is 0 Å². The lowest BCUT2D eigenvalue weighted by molar-refractivity contribution is 0.0588. The van der Waals surface area contributed by atoms with E-state index in [9.17, 15) is 18.0 Å². The van der Waals surface area contributed by atoms with Crippen molar-refractivity contribution in [2.24, 2.45) is 0 Å². The number of methoxy groups -OCH3 is 1.